The van der Waals surface area contributed by atoms with Crippen LogP contribution in [-0.4, -0.2) is 42.8 Å². The number of nitrogens with zero attached hydrogens (tertiary/aromatic N) is 1. The molecule has 1 unspecified atom stereocenters. The van der Waals surface area contributed by atoms with E-state index in [4.69, 9.17) is 4.74 Å². The van der Waals surface area contributed by atoms with Crippen LogP contribution in [0, 0.1) is 11.8 Å². The first-order valence-electron chi connectivity index (χ1n) is 8.04. The second-order valence-electron chi connectivity index (χ2n) is 6.92. The normalized spacial score (nSPS) is 19.7. The third-order valence-corrected chi connectivity index (χ3v) is 3.96. The predicted octanol–water partition coefficient (Wildman–Crippen LogP) is 3.27. The molecule has 0 aliphatic carbocycles. The fraction of sp³-hybridized carbons (Fsp3) is 0.938. The number of hydrogen-bond acceptors (Lipinski definition) is 3. The Hall–Kier alpha value is -0.770. The molecule has 20 heavy (non-hydrogen) atoms. The Kier molecular flexibility index (Phi) is 6.80. The Morgan fingerprint density at radius 3 is 2.55 bits per heavy atom. The molecule has 0 saturated carbocycles. The van der Waals surface area contributed by atoms with Crippen LogP contribution < -0.4 is 5.32 Å². The summed E-state index contributed by atoms with van der Waals surface area (Å²) in [7, 11) is 0. The Morgan fingerprint density at radius 2 is 2.00 bits per heavy atom. The fourth-order valence-corrected chi connectivity index (χ4v) is 2.56. The first-order valence-corrected chi connectivity index (χ1v) is 8.04. The molecule has 1 rings (SSSR count). The molecule has 0 radical (unpaired) electrons. The first kappa shape index (κ1) is 17.3. The van der Waals surface area contributed by atoms with Gasteiger partial charge in [0.25, 0.3) is 0 Å². The van der Waals surface area contributed by atoms with Gasteiger partial charge in [-0.2, -0.15) is 0 Å². The maximum Gasteiger partial charge on any atom is 0.410 e. The summed E-state index contributed by atoms with van der Waals surface area (Å²) in [5, 5.41) is 3.56. The lowest BCUT2D eigenvalue weighted by Crippen LogP contribution is -2.36. The lowest BCUT2D eigenvalue weighted by Gasteiger charge is -2.24. The van der Waals surface area contributed by atoms with Crippen molar-refractivity contribution < 1.29 is 9.53 Å². The van der Waals surface area contributed by atoms with Gasteiger partial charge in [-0.05, 0) is 52.1 Å². The maximum atomic E-state index is 12.0. The molecule has 1 amide bonds. The van der Waals surface area contributed by atoms with Crippen molar-refractivity contribution in [2.45, 2.75) is 59.5 Å². The van der Waals surface area contributed by atoms with Gasteiger partial charge in [0.15, 0.2) is 0 Å². The summed E-state index contributed by atoms with van der Waals surface area (Å²) in [5.41, 5.74) is -0.400. The summed E-state index contributed by atoms with van der Waals surface area (Å²) in [6.45, 7) is 14.0. The number of rotatable bonds is 6. The highest BCUT2D eigenvalue weighted by molar-refractivity contribution is 5.68. The summed E-state index contributed by atoms with van der Waals surface area (Å²) in [4.78, 5) is 13.8. The molecule has 1 saturated heterocycles. The number of likely N-dealkylation sites (tertiary alicyclic amines) is 1. The Balaban J connectivity index is 2.24. The van der Waals surface area contributed by atoms with Gasteiger partial charge in [0.2, 0.25) is 0 Å². The van der Waals surface area contributed by atoms with Crippen LogP contribution in [0.25, 0.3) is 0 Å². The van der Waals surface area contributed by atoms with Crippen molar-refractivity contribution >= 4 is 6.09 Å². The number of carbonyl (C=O) groups is 1. The molecule has 1 atom stereocenters. The smallest absolute Gasteiger partial charge is 0.410 e. The molecular formula is C16H32N2O2. The van der Waals surface area contributed by atoms with Crippen LogP contribution in [0.1, 0.15) is 53.9 Å². The molecule has 4 nitrogen and oxygen atoms in total. The highest BCUT2D eigenvalue weighted by Gasteiger charge is 2.29. The van der Waals surface area contributed by atoms with E-state index in [-0.39, 0.29) is 6.09 Å². The zero-order chi connectivity index (χ0) is 15.2. The topological polar surface area (TPSA) is 41.6 Å². The van der Waals surface area contributed by atoms with Gasteiger partial charge in [0.05, 0.1) is 0 Å². The van der Waals surface area contributed by atoms with Gasteiger partial charge < -0.3 is 15.0 Å². The second-order valence-corrected chi connectivity index (χ2v) is 6.92. The molecule has 1 aliphatic heterocycles. The molecule has 0 aromatic rings. The van der Waals surface area contributed by atoms with Crippen molar-refractivity contribution in [3.8, 4) is 0 Å². The summed E-state index contributed by atoms with van der Waals surface area (Å²) in [5.74, 6) is 1.34. The standard InChI is InChI=1S/C16H32N2O2/c1-6-13(7-2)10-17-11-14-8-9-18(12-14)15(19)20-16(3,4)5/h13-14,17H,6-12H2,1-5H3. The number of hydrogen-bond donors (Lipinski definition) is 1. The molecule has 1 heterocycles. The molecule has 0 aromatic heterocycles. The van der Waals surface area contributed by atoms with Crippen molar-refractivity contribution in [2.75, 3.05) is 26.2 Å². The van der Waals surface area contributed by atoms with Crippen LogP contribution in [0.15, 0.2) is 0 Å². The zero-order valence-corrected chi connectivity index (χ0v) is 13.9. The highest BCUT2D eigenvalue weighted by Crippen LogP contribution is 2.19. The van der Waals surface area contributed by atoms with Gasteiger partial charge in [-0.15, -0.1) is 0 Å². The zero-order valence-electron chi connectivity index (χ0n) is 13.9. The molecule has 0 bridgehead atoms. The molecule has 0 aromatic carbocycles. The molecule has 1 N–H and O–H groups in total. The van der Waals surface area contributed by atoms with Gasteiger partial charge in [-0.3, -0.25) is 0 Å². The summed E-state index contributed by atoms with van der Waals surface area (Å²) < 4.78 is 5.41. The third kappa shape index (κ3) is 6.12. The third-order valence-electron chi connectivity index (χ3n) is 3.96. The minimum absolute atomic E-state index is 0.167. The average molecular weight is 284 g/mol. The van der Waals surface area contributed by atoms with Gasteiger partial charge in [0, 0.05) is 13.1 Å². The minimum Gasteiger partial charge on any atom is -0.444 e. The van der Waals surface area contributed by atoms with Crippen molar-refractivity contribution in [3.63, 3.8) is 0 Å². The molecule has 1 aliphatic rings. The average Bonchev–Trinajstić information content (AvgIpc) is 2.81. The van der Waals surface area contributed by atoms with Gasteiger partial charge in [-0.25, -0.2) is 4.79 Å². The summed E-state index contributed by atoms with van der Waals surface area (Å²) >= 11 is 0. The molecule has 118 valence electrons. The van der Waals surface area contributed by atoms with Crippen LogP contribution in [0.2, 0.25) is 0 Å². The SMILES string of the molecule is CCC(CC)CNCC1CCN(C(=O)OC(C)(C)C)C1. The van der Waals surface area contributed by atoms with E-state index in [0.717, 1.165) is 38.5 Å². The quantitative estimate of drug-likeness (QED) is 0.814. The van der Waals surface area contributed by atoms with Gasteiger partial charge in [-0.1, -0.05) is 26.7 Å². The van der Waals surface area contributed by atoms with Crippen LogP contribution in [0.3, 0.4) is 0 Å². The van der Waals surface area contributed by atoms with Crippen molar-refractivity contribution in [1.29, 1.82) is 0 Å². The molecule has 1 fully saturated rings. The van der Waals surface area contributed by atoms with Crippen molar-refractivity contribution in [1.82, 2.24) is 10.2 Å². The minimum atomic E-state index is -0.400. The lowest BCUT2D eigenvalue weighted by molar-refractivity contribution is 0.0288. The fourth-order valence-electron chi connectivity index (χ4n) is 2.56. The van der Waals surface area contributed by atoms with Crippen molar-refractivity contribution in [2.24, 2.45) is 11.8 Å². The molecule has 0 spiro atoms. The second kappa shape index (κ2) is 7.87. The van der Waals surface area contributed by atoms with Gasteiger partial charge in [0.1, 0.15) is 5.60 Å². The van der Waals surface area contributed by atoms with E-state index in [0.29, 0.717) is 5.92 Å². The Bertz CT molecular complexity index is 295. The van der Waals surface area contributed by atoms with Gasteiger partial charge >= 0.3 is 6.09 Å². The number of amides is 1. The van der Waals surface area contributed by atoms with Crippen LogP contribution in [0.5, 0.6) is 0 Å². The van der Waals surface area contributed by atoms with E-state index in [2.05, 4.69) is 19.2 Å². The maximum absolute atomic E-state index is 12.0. The van der Waals surface area contributed by atoms with Crippen LogP contribution in [0.4, 0.5) is 4.79 Å². The Labute approximate surface area is 124 Å². The molecule has 4 heteroatoms. The van der Waals surface area contributed by atoms with Crippen molar-refractivity contribution in [3.05, 3.63) is 0 Å². The van der Waals surface area contributed by atoms with E-state index < -0.39 is 5.60 Å². The van der Waals surface area contributed by atoms with Crippen LogP contribution >= 0.6 is 0 Å². The number of ether oxygens (including phenoxy) is 1. The summed E-state index contributed by atoms with van der Waals surface area (Å²) in [6, 6.07) is 0. The first-order chi connectivity index (χ1) is 9.35. The predicted molar refractivity (Wildman–Crippen MR) is 82.9 cm³/mol. The highest BCUT2D eigenvalue weighted by atomic mass is 16.6. The van der Waals surface area contributed by atoms with E-state index in [1.54, 1.807) is 0 Å². The van der Waals surface area contributed by atoms with E-state index in [1.807, 2.05) is 25.7 Å². The van der Waals surface area contributed by atoms with Crippen LogP contribution in [-0.2, 0) is 4.74 Å². The van der Waals surface area contributed by atoms with E-state index in [9.17, 15) is 4.79 Å². The Morgan fingerprint density at radius 1 is 1.35 bits per heavy atom. The summed E-state index contributed by atoms with van der Waals surface area (Å²) in [6.07, 6.45) is 3.38. The number of nitrogens with one attached hydrogen (secondary N) is 1. The number of carbonyl (C=O) groups excluding carboxylic acids is 1. The lowest BCUT2D eigenvalue weighted by atomic mass is 10.0. The molecular weight excluding hydrogens is 252 g/mol. The van der Waals surface area contributed by atoms with E-state index >= 15 is 0 Å². The van der Waals surface area contributed by atoms with E-state index in [1.165, 1.54) is 12.8 Å². The monoisotopic (exact) mass is 284 g/mol. The largest absolute Gasteiger partial charge is 0.444 e.